The molecule has 0 radical (unpaired) electrons. The molecule has 0 aliphatic rings. The predicted octanol–water partition coefficient (Wildman–Crippen LogP) is 3.91. The first-order valence-electron chi connectivity index (χ1n) is 6.42. The fraction of sp³-hybridized carbons (Fsp3) is 0.0625. The van der Waals surface area contributed by atoms with Gasteiger partial charge in [-0.05, 0) is 48.4 Å². The molecule has 2 aromatic carbocycles. The van der Waals surface area contributed by atoms with Crippen molar-refractivity contribution in [2.24, 2.45) is 0 Å². The van der Waals surface area contributed by atoms with Gasteiger partial charge in [0.25, 0.3) is 0 Å². The Hall–Kier alpha value is -2.69. The zero-order valence-corrected chi connectivity index (χ0v) is 11.3. The maximum atomic E-state index is 13.4. The number of hydrogen-bond donors (Lipinski definition) is 2. The SMILES string of the molecule is Cc1cc(F)ccc1-c1[nH]nc(N)c1-c1cccc(F)c1. The molecule has 0 aliphatic carbocycles. The largest absolute Gasteiger partial charge is 0.382 e. The van der Waals surface area contributed by atoms with Crippen LogP contribution in [0.25, 0.3) is 22.4 Å². The third kappa shape index (κ3) is 2.38. The third-order valence-corrected chi connectivity index (χ3v) is 3.37. The summed E-state index contributed by atoms with van der Waals surface area (Å²) in [6.07, 6.45) is 0. The summed E-state index contributed by atoms with van der Waals surface area (Å²) in [4.78, 5) is 0. The van der Waals surface area contributed by atoms with Crippen LogP contribution in [0.3, 0.4) is 0 Å². The Labute approximate surface area is 120 Å². The van der Waals surface area contributed by atoms with Gasteiger partial charge in [-0.1, -0.05) is 12.1 Å². The maximum absolute atomic E-state index is 13.4. The van der Waals surface area contributed by atoms with Crippen molar-refractivity contribution in [1.29, 1.82) is 0 Å². The lowest BCUT2D eigenvalue weighted by Crippen LogP contribution is -1.91. The van der Waals surface area contributed by atoms with E-state index >= 15 is 0 Å². The first kappa shape index (κ1) is 13.3. The first-order valence-corrected chi connectivity index (χ1v) is 6.42. The predicted molar refractivity (Wildman–Crippen MR) is 78.5 cm³/mol. The minimum absolute atomic E-state index is 0.277. The van der Waals surface area contributed by atoms with Crippen LogP contribution >= 0.6 is 0 Å². The summed E-state index contributed by atoms with van der Waals surface area (Å²) < 4.78 is 26.7. The van der Waals surface area contributed by atoms with Crippen LogP contribution < -0.4 is 5.73 Å². The number of halogens is 2. The molecular weight excluding hydrogens is 272 g/mol. The highest BCUT2D eigenvalue weighted by molar-refractivity contribution is 5.88. The number of anilines is 1. The summed E-state index contributed by atoms with van der Waals surface area (Å²) in [7, 11) is 0. The van der Waals surface area contributed by atoms with E-state index in [0.29, 0.717) is 16.8 Å². The van der Waals surface area contributed by atoms with E-state index < -0.39 is 0 Å². The van der Waals surface area contributed by atoms with Gasteiger partial charge in [0.2, 0.25) is 0 Å². The summed E-state index contributed by atoms with van der Waals surface area (Å²) in [6, 6.07) is 10.6. The van der Waals surface area contributed by atoms with Crippen molar-refractivity contribution < 1.29 is 8.78 Å². The molecule has 21 heavy (non-hydrogen) atoms. The highest BCUT2D eigenvalue weighted by atomic mass is 19.1. The molecule has 0 fully saturated rings. The van der Waals surface area contributed by atoms with Gasteiger partial charge >= 0.3 is 0 Å². The summed E-state index contributed by atoms with van der Waals surface area (Å²) >= 11 is 0. The van der Waals surface area contributed by atoms with Gasteiger partial charge in [0.05, 0.1) is 11.3 Å². The maximum Gasteiger partial charge on any atom is 0.153 e. The molecule has 0 saturated carbocycles. The first-order chi connectivity index (χ1) is 10.1. The number of aromatic amines is 1. The van der Waals surface area contributed by atoms with Crippen molar-refractivity contribution in [3.05, 3.63) is 59.7 Å². The standard InChI is InChI=1S/C16H13F2N3/c1-9-7-12(18)5-6-13(9)15-14(16(19)21-20-15)10-3-2-4-11(17)8-10/h2-8H,1H3,(H3,19,20,21). The van der Waals surface area contributed by atoms with E-state index in [1.165, 1.54) is 24.3 Å². The van der Waals surface area contributed by atoms with Gasteiger partial charge in [-0.15, -0.1) is 0 Å². The summed E-state index contributed by atoms with van der Waals surface area (Å²) in [5.41, 5.74) is 9.31. The quantitative estimate of drug-likeness (QED) is 0.750. The monoisotopic (exact) mass is 285 g/mol. The Morgan fingerprint density at radius 1 is 1.05 bits per heavy atom. The molecular formula is C16H13F2N3. The molecule has 0 bridgehead atoms. The summed E-state index contributed by atoms with van der Waals surface area (Å²) in [5.74, 6) is -0.384. The second kappa shape index (κ2) is 5.01. The number of rotatable bonds is 2. The van der Waals surface area contributed by atoms with Gasteiger partial charge in [-0.3, -0.25) is 5.10 Å². The van der Waals surface area contributed by atoms with Crippen molar-refractivity contribution in [2.45, 2.75) is 6.92 Å². The van der Waals surface area contributed by atoms with Crippen LogP contribution in [0.4, 0.5) is 14.6 Å². The van der Waals surface area contributed by atoms with E-state index in [-0.39, 0.29) is 17.5 Å². The van der Waals surface area contributed by atoms with E-state index in [1.807, 2.05) is 0 Å². The van der Waals surface area contributed by atoms with Crippen LogP contribution in [0.5, 0.6) is 0 Å². The molecule has 0 amide bonds. The number of nitrogen functional groups attached to an aromatic ring is 1. The van der Waals surface area contributed by atoms with Gasteiger partial charge in [-0.2, -0.15) is 5.10 Å². The van der Waals surface area contributed by atoms with E-state index in [1.54, 1.807) is 25.1 Å². The number of aryl methyl sites for hydroxylation is 1. The molecule has 0 unspecified atom stereocenters. The Bertz CT molecular complexity index is 809. The molecule has 1 heterocycles. The van der Waals surface area contributed by atoms with Crippen LogP contribution in [0.2, 0.25) is 0 Å². The molecule has 0 spiro atoms. The Kier molecular flexibility index (Phi) is 3.17. The highest BCUT2D eigenvalue weighted by Gasteiger charge is 2.16. The third-order valence-electron chi connectivity index (χ3n) is 3.37. The zero-order valence-electron chi connectivity index (χ0n) is 11.3. The van der Waals surface area contributed by atoms with Gasteiger partial charge in [0, 0.05) is 5.56 Å². The molecule has 3 aromatic rings. The molecule has 0 saturated heterocycles. The minimum atomic E-state index is -0.352. The van der Waals surface area contributed by atoms with E-state index in [0.717, 1.165) is 11.1 Å². The topological polar surface area (TPSA) is 54.7 Å². The molecule has 106 valence electrons. The lowest BCUT2D eigenvalue weighted by molar-refractivity contribution is 0.627. The van der Waals surface area contributed by atoms with Crippen molar-refractivity contribution in [1.82, 2.24) is 10.2 Å². The molecule has 3 nitrogen and oxygen atoms in total. The average Bonchev–Trinajstić information content (AvgIpc) is 2.80. The van der Waals surface area contributed by atoms with Crippen molar-refractivity contribution in [2.75, 3.05) is 5.73 Å². The highest BCUT2D eigenvalue weighted by Crippen LogP contribution is 2.36. The minimum Gasteiger partial charge on any atom is -0.382 e. The molecule has 0 atom stereocenters. The van der Waals surface area contributed by atoms with Gasteiger partial charge in [-0.25, -0.2) is 8.78 Å². The Morgan fingerprint density at radius 2 is 1.81 bits per heavy atom. The fourth-order valence-corrected chi connectivity index (χ4v) is 2.39. The second-order valence-corrected chi connectivity index (χ2v) is 4.83. The summed E-state index contributed by atoms with van der Waals surface area (Å²) in [6.45, 7) is 1.80. The van der Waals surface area contributed by atoms with Crippen LogP contribution in [0, 0.1) is 18.6 Å². The lowest BCUT2D eigenvalue weighted by atomic mass is 9.98. The van der Waals surface area contributed by atoms with Crippen LogP contribution in [-0.4, -0.2) is 10.2 Å². The van der Waals surface area contributed by atoms with E-state index in [4.69, 9.17) is 5.73 Å². The van der Waals surface area contributed by atoms with Crippen LogP contribution in [0.15, 0.2) is 42.5 Å². The number of benzene rings is 2. The molecule has 5 heteroatoms. The molecule has 3 rings (SSSR count). The van der Waals surface area contributed by atoms with Crippen LogP contribution in [0.1, 0.15) is 5.56 Å². The number of hydrogen-bond acceptors (Lipinski definition) is 2. The Morgan fingerprint density at radius 3 is 2.52 bits per heavy atom. The van der Waals surface area contributed by atoms with E-state index in [2.05, 4.69) is 10.2 Å². The normalized spacial score (nSPS) is 10.8. The zero-order chi connectivity index (χ0) is 15.0. The smallest absolute Gasteiger partial charge is 0.153 e. The van der Waals surface area contributed by atoms with Crippen molar-refractivity contribution in [3.63, 3.8) is 0 Å². The lowest BCUT2D eigenvalue weighted by Gasteiger charge is -2.08. The van der Waals surface area contributed by atoms with Crippen molar-refractivity contribution >= 4 is 5.82 Å². The van der Waals surface area contributed by atoms with E-state index in [9.17, 15) is 8.78 Å². The van der Waals surface area contributed by atoms with Gasteiger partial charge in [0.1, 0.15) is 11.6 Å². The number of H-pyrrole nitrogens is 1. The average molecular weight is 285 g/mol. The second-order valence-electron chi connectivity index (χ2n) is 4.83. The number of nitrogens with zero attached hydrogens (tertiary/aromatic N) is 1. The molecule has 3 N–H and O–H groups in total. The van der Waals surface area contributed by atoms with Gasteiger partial charge < -0.3 is 5.73 Å². The molecule has 1 aromatic heterocycles. The number of nitrogens with two attached hydrogens (primary N) is 1. The van der Waals surface area contributed by atoms with Gasteiger partial charge in [0.15, 0.2) is 5.82 Å². The van der Waals surface area contributed by atoms with Crippen molar-refractivity contribution in [3.8, 4) is 22.4 Å². The molecule has 0 aliphatic heterocycles. The van der Waals surface area contributed by atoms with Crippen LogP contribution in [-0.2, 0) is 0 Å². The number of aromatic nitrogens is 2. The number of nitrogens with one attached hydrogen (secondary N) is 1. The fourth-order valence-electron chi connectivity index (χ4n) is 2.39. The summed E-state index contributed by atoms with van der Waals surface area (Å²) in [5, 5.41) is 6.85. The Balaban J connectivity index is 2.22.